The molecular weight excluding hydrogens is 232 g/mol. The molecule has 0 amide bonds. The Hall–Kier alpha value is -0.210. The predicted molar refractivity (Wildman–Crippen MR) is 62.0 cm³/mol. The van der Waals surface area contributed by atoms with Gasteiger partial charge in [-0.1, -0.05) is 0 Å². The minimum absolute atomic E-state index is 0.0517. The van der Waals surface area contributed by atoms with E-state index in [0.29, 0.717) is 6.42 Å². The van der Waals surface area contributed by atoms with E-state index in [0.717, 1.165) is 39.3 Å². The van der Waals surface area contributed by atoms with Crippen LogP contribution in [0.1, 0.15) is 6.42 Å². The SMILES string of the molecule is O=S(=O)([OH2+])CCCN1CCN(CCO)CC1. The molecule has 0 unspecified atom stereocenters. The summed E-state index contributed by atoms with van der Waals surface area (Å²) in [7, 11) is -3.56. The second kappa shape index (κ2) is 6.51. The average Bonchev–Trinajstić information content (AvgIpc) is 2.19. The summed E-state index contributed by atoms with van der Waals surface area (Å²) in [5, 5.41) is 8.77. The Labute approximate surface area is 96.6 Å². The molecule has 3 N–H and O–H groups in total. The van der Waals surface area contributed by atoms with E-state index in [2.05, 4.69) is 9.80 Å². The Kier molecular flexibility index (Phi) is 5.63. The third-order valence-electron chi connectivity index (χ3n) is 2.77. The highest BCUT2D eigenvalue weighted by Crippen LogP contribution is 2.02. The zero-order valence-corrected chi connectivity index (χ0v) is 10.2. The van der Waals surface area contributed by atoms with Gasteiger partial charge in [-0.2, -0.15) is 8.42 Å². The molecule has 6 nitrogen and oxygen atoms in total. The predicted octanol–water partition coefficient (Wildman–Crippen LogP) is -1.96. The maximum absolute atomic E-state index is 10.6. The Morgan fingerprint density at radius 1 is 1.06 bits per heavy atom. The van der Waals surface area contributed by atoms with Gasteiger partial charge in [0.1, 0.15) is 5.75 Å². The van der Waals surface area contributed by atoms with Gasteiger partial charge in [-0.3, -0.25) is 4.90 Å². The third kappa shape index (κ3) is 5.76. The van der Waals surface area contributed by atoms with Crippen molar-refractivity contribution in [1.29, 1.82) is 0 Å². The van der Waals surface area contributed by atoms with Crippen molar-refractivity contribution >= 4 is 10.1 Å². The fourth-order valence-electron chi connectivity index (χ4n) is 1.86. The molecule has 1 rings (SSSR count). The summed E-state index contributed by atoms with van der Waals surface area (Å²) in [5.41, 5.74) is 0. The number of nitrogens with zero attached hydrogens (tertiary/aromatic N) is 2. The van der Waals surface area contributed by atoms with E-state index in [1.54, 1.807) is 0 Å². The lowest BCUT2D eigenvalue weighted by Crippen LogP contribution is -2.47. The molecule has 1 fully saturated rings. The highest BCUT2D eigenvalue weighted by atomic mass is 32.2. The summed E-state index contributed by atoms with van der Waals surface area (Å²) in [6.45, 7) is 5.33. The van der Waals surface area contributed by atoms with Gasteiger partial charge in [-0.05, 0) is 13.0 Å². The molecule has 0 saturated carbocycles. The van der Waals surface area contributed by atoms with E-state index in [9.17, 15) is 8.42 Å². The largest absolute Gasteiger partial charge is 0.395 e. The van der Waals surface area contributed by atoms with Gasteiger partial charge in [-0.25, -0.2) is 0 Å². The van der Waals surface area contributed by atoms with Crippen molar-refractivity contribution in [1.82, 2.24) is 9.80 Å². The summed E-state index contributed by atoms with van der Waals surface area (Å²) in [6, 6.07) is 0. The van der Waals surface area contributed by atoms with Crippen molar-refractivity contribution in [3.05, 3.63) is 0 Å². The van der Waals surface area contributed by atoms with Gasteiger partial charge in [0.25, 0.3) is 0 Å². The van der Waals surface area contributed by atoms with Gasteiger partial charge in [0.2, 0.25) is 0 Å². The second-order valence-corrected chi connectivity index (χ2v) is 5.72. The Morgan fingerprint density at radius 2 is 1.56 bits per heavy atom. The summed E-state index contributed by atoms with van der Waals surface area (Å²) in [4.78, 5) is 4.40. The maximum atomic E-state index is 10.6. The van der Waals surface area contributed by atoms with Crippen molar-refractivity contribution in [3.8, 4) is 0 Å². The molecule has 0 aromatic carbocycles. The molecule has 0 atom stereocenters. The summed E-state index contributed by atoms with van der Waals surface area (Å²) >= 11 is 0. The third-order valence-corrected chi connectivity index (χ3v) is 3.59. The van der Waals surface area contributed by atoms with E-state index < -0.39 is 10.1 Å². The molecule has 16 heavy (non-hydrogen) atoms. The highest BCUT2D eigenvalue weighted by molar-refractivity contribution is 7.85. The highest BCUT2D eigenvalue weighted by Gasteiger charge is 2.17. The normalized spacial score (nSPS) is 20.1. The van der Waals surface area contributed by atoms with Crippen LogP contribution in [0.4, 0.5) is 0 Å². The van der Waals surface area contributed by atoms with Gasteiger partial charge < -0.3 is 14.6 Å². The van der Waals surface area contributed by atoms with Gasteiger partial charge in [-0.15, -0.1) is 0 Å². The van der Waals surface area contributed by atoms with Crippen LogP contribution in [-0.2, 0) is 10.1 Å². The molecule has 1 aliphatic rings. The second-order valence-electron chi connectivity index (χ2n) is 4.08. The van der Waals surface area contributed by atoms with E-state index in [4.69, 9.17) is 9.66 Å². The lowest BCUT2D eigenvalue weighted by atomic mass is 10.3. The van der Waals surface area contributed by atoms with Crippen LogP contribution >= 0.6 is 0 Å². The first kappa shape index (κ1) is 13.9. The van der Waals surface area contributed by atoms with Crippen molar-refractivity contribution in [3.63, 3.8) is 0 Å². The van der Waals surface area contributed by atoms with Crippen LogP contribution in [0.3, 0.4) is 0 Å². The molecule has 0 bridgehead atoms. The summed E-state index contributed by atoms with van der Waals surface area (Å²) < 4.78 is 28.0. The lowest BCUT2D eigenvalue weighted by molar-refractivity contribution is 0.113. The van der Waals surface area contributed by atoms with E-state index in [1.165, 1.54) is 0 Å². The standard InChI is InChI=1S/C9H20N2O4S/c12-8-7-11-5-3-10(4-6-11)2-1-9-16(13,14)15/h12H,1-9H2,(H,13,14,15)/p+1. The van der Waals surface area contributed by atoms with Crippen molar-refractivity contribution < 1.29 is 18.1 Å². The van der Waals surface area contributed by atoms with Crippen molar-refractivity contribution in [2.75, 3.05) is 51.6 Å². The first-order valence-corrected chi connectivity index (χ1v) is 7.19. The lowest BCUT2D eigenvalue weighted by Gasteiger charge is -2.34. The van der Waals surface area contributed by atoms with Crippen LogP contribution in [0, 0.1) is 0 Å². The van der Waals surface area contributed by atoms with Gasteiger partial charge >= 0.3 is 10.1 Å². The number of rotatable bonds is 6. The van der Waals surface area contributed by atoms with Crippen LogP contribution in [0.2, 0.25) is 0 Å². The Balaban J connectivity index is 2.13. The molecule has 0 aliphatic carbocycles. The van der Waals surface area contributed by atoms with Gasteiger partial charge in [0.05, 0.1) is 6.61 Å². The Bertz CT molecular complexity index is 286. The van der Waals surface area contributed by atoms with Crippen LogP contribution in [0.15, 0.2) is 0 Å². The fraction of sp³-hybridized carbons (Fsp3) is 1.00. The van der Waals surface area contributed by atoms with Crippen molar-refractivity contribution in [2.24, 2.45) is 0 Å². The van der Waals surface area contributed by atoms with E-state index >= 15 is 0 Å². The molecule has 0 aromatic heterocycles. The Morgan fingerprint density at radius 3 is 2.00 bits per heavy atom. The number of piperazine rings is 1. The number of aliphatic hydroxyl groups is 1. The monoisotopic (exact) mass is 253 g/mol. The number of aliphatic hydroxyl groups excluding tert-OH is 1. The molecular formula is C9H21N2O4S+. The molecule has 0 radical (unpaired) electrons. The minimum Gasteiger partial charge on any atom is -0.395 e. The first-order chi connectivity index (χ1) is 7.51. The van der Waals surface area contributed by atoms with Crippen LogP contribution in [0.25, 0.3) is 0 Å². The van der Waals surface area contributed by atoms with Crippen LogP contribution in [-0.4, -0.2) is 79.5 Å². The molecule has 0 spiro atoms. The van der Waals surface area contributed by atoms with Crippen LogP contribution in [0.5, 0.6) is 0 Å². The van der Waals surface area contributed by atoms with Crippen LogP contribution < -0.4 is 0 Å². The summed E-state index contributed by atoms with van der Waals surface area (Å²) in [6.07, 6.45) is 0.534. The number of hydrogen-bond acceptors (Lipinski definition) is 5. The zero-order chi connectivity index (χ0) is 12.0. The smallest absolute Gasteiger partial charge is 0.378 e. The van der Waals surface area contributed by atoms with Gasteiger partial charge in [0, 0.05) is 32.7 Å². The zero-order valence-electron chi connectivity index (χ0n) is 9.43. The maximum Gasteiger partial charge on any atom is 0.378 e. The molecule has 1 saturated heterocycles. The fourth-order valence-corrected chi connectivity index (χ4v) is 2.37. The molecule has 96 valence electrons. The van der Waals surface area contributed by atoms with Gasteiger partial charge in [0.15, 0.2) is 0 Å². The first-order valence-electron chi connectivity index (χ1n) is 5.54. The van der Waals surface area contributed by atoms with E-state index in [1.807, 2.05) is 0 Å². The average molecular weight is 253 g/mol. The van der Waals surface area contributed by atoms with E-state index in [-0.39, 0.29) is 12.4 Å². The molecule has 0 aromatic rings. The molecule has 7 heteroatoms. The summed E-state index contributed by atoms with van der Waals surface area (Å²) in [5.74, 6) is -0.0517. The topological polar surface area (TPSA) is 83.8 Å². The molecule has 1 heterocycles. The number of hydrogen-bond donors (Lipinski definition) is 1. The number of β-amino-alcohol motifs (C(OH)–C–C–N with tert-alkyl or cyclic N) is 1. The quantitative estimate of drug-likeness (QED) is 0.556. The van der Waals surface area contributed by atoms with Crippen molar-refractivity contribution in [2.45, 2.75) is 6.42 Å². The molecule has 1 aliphatic heterocycles. The minimum atomic E-state index is -3.56.